The molecule has 0 saturated carbocycles. The molecule has 1 aromatic heterocycles. The van der Waals surface area contributed by atoms with Crippen molar-refractivity contribution in [3.05, 3.63) is 17.5 Å². The minimum Gasteiger partial charge on any atom is -0.311 e. The topological polar surface area (TPSA) is 29.9 Å². The molecule has 0 saturated heterocycles. The molecule has 0 radical (unpaired) electrons. The maximum atomic E-state index is 4.46. The van der Waals surface area contributed by atoms with Gasteiger partial charge in [0.05, 0.1) is 11.4 Å². The number of aryl methyl sites for hydroxylation is 2. The van der Waals surface area contributed by atoms with Crippen LogP contribution >= 0.6 is 0 Å². The predicted octanol–water partition coefficient (Wildman–Crippen LogP) is 3.91. The Morgan fingerprint density at radius 3 is 2.63 bits per heavy atom. The Kier molecular flexibility index (Phi) is 7.80. The Labute approximate surface area is 118 Å². The summed E-state index contributed by atoms with van der Waals surface area (Å²) >= 11 is 0. The van der Waals surface area contributed by atoms with E-state index in [9.17, 15) is 0 Å². The van der Waals surface area contributed by atoms with E-state index in [2.05, 4.69) is 48.9 Å². The summed E-state index contributed by atoms with van der Waals surface area (Å²) in [6.07, 6.45) is 6.79. The van der Waals surface area contributed by atoms with E-state index < -0.39 is 0 Å². The lowest BCUT2D eigenvalue weighted by Gasteiger charge is -2.07. The van der Waals surface area contributed by atoms with E-state index in [-0.39, 0.29) is 0 Å². The van der Waals surface area contributed by atoms with Gasteiger partial charge >= 0.3 is 0 Å². The van der Waals surface area contributed by atoms with Crippen LogP contribution in [0.15, 0.2) is 6.07 Å². The molecule has 110 valence electrons. The lowest BCUT2D eigenvalue weighted by molar-refractivity contribution is 0.508. The second-order valence-corrected chi connectivity index (χ2v) is 5.87. The molecule has 1 N–H and O–H groups in total. The average molecular weight is 265 g/mol. The Hall–Kier alpha value is -0.830. The molecule has 0 aliphatic rings. The van der Waals surface area contributed by atoms with E-state index >= 15 is 0 Å². The normalized spacial score (nSPS) is 11.4. The van der Waals surface area contributed by atoms with Crippen molar-refractivity contribution in [3.63, 3.8) is 0 Å². The van der Waals surface area contributed by atoms with Crippen molar-refractivity contribution >= 4 is 0 Å². The van der Waals surface area contributed by atoms with Crippen molar-refractivity contribution in [3.8, 4) is 0 Å². The molecule has 1 heterocycles. The maximum Gasteiger partial charge on any atom is 0.0597 e. The summed E-state index contributed by atoms with van der Waals surface area (Å²) in [5, 5.41) is 7.99. The molecule has 0 fully saturated rings. The van der Waals surface area contributed by atoms with Crippen molar-refractivity contribution in [2.24, 2.45) is 5.92 Å². The van der Waals surface area contributed by atoms with Crippen LogP contribution in [0, 0.1) is 12.8 Å². The van der Waals surface area contributed by atoms with Gasteiger partial charge in [-0.3, -0.25) is 4.68 Å². The summed E-state index contributed by atoms with van der Waals surface area (Å²) in [7, 11) is 0. The third kappa shape index (κ3) is 6.76. The van der Waals surface area contributed by atoms with Gasteiger partial charge in [0.2, 0.25) is 0 Å². The monoisotopic (exact) mass is 265 g/mol. The first-order valence-corrected chi connectivity index (χ1v) is 7.87. The number of aromatic nitrogens is 2. The summed E-state index contributed by atoms with van der Waals surface area (Å²) < 4.78 is 2.09. The van der Waals surface area contributed by atoms with Gasteiger partial charge in [0.25, 0.3) is 0 Å². The first-order valence-electron chi connectivity index (χ1n) is 7.87. The van der Waals surface area contributed by atoms with Gasteiger partial charge in [-0.25, -0.2) is 0 Å². The fourth-order valence-corrected chi connectivity index (χ4v) is 2.39. The molecular formula is C16H31N3. The van der Waals surface area contributed by atoms with Crippen LogP contribution in [0.2, 0.25) is 0 Å². The molecule has 3 heteroatoms. The van der Waals surface area contributed by atoms with Gasteiger partial charge in [-0.05, 0) is 38.8 Å². The highest BCUT2D eigenvalue weighted by molar-refractivity contribution is 5.08. The Bertz CT molecular complexity index is 342. The van der Waals surface area contributed by atoms with Crippen LogP contribution in [0.1, 0.15) is 64.3 Å². The molecule has 19 heavy (non-hydrogen) atoms. The molecule has 0 atom stereocenters. The van der Waals surface area contributed by atoms with Gasteiger partial charge in [-0.1, -0.05) is 39.5 Å². The van der Waals surface area contributed by atoms with Gasteiger partial charge in [0.1, 0.15) is 0 Å². The molecule has 0 unspecified atom stereocenters. The second kappa shape index (κ2) is 9.13. The molecule has 1 aromatic rings. The number of rotatable bonds is 10. The summed E-state index contributed by atoms with van der Waals surface area (Å²) in [5.41, 5.74) is 2.42. The molecule has 0 aliphatic carbocycles. The van der Waals surface area contributed by atoms with E-state index in [1.54, 1.807) is 0 Å². The quantitative estimate of drug-likeness (QED) is 0.650. The first-order chi connectivity index (χ1) is 9.13. The van der Waals surface area contributed by atoms with Crippen LogP contribution in [0.25, 0.3) is 0 Å². The molecule has 0 spiro atoms. The zero-order valence-electron chi connectivity index (χ0n) is 13.2. The number of hydrogen-bond acceptors (Lipinski definition) is 2. The van der Waals surface area contributed by atoms with Crippen molar-refractivity contribution in [2.75, 3.05) is 6.54 Å². The van der Waals surface area contributed by atoms with Crippen molar-refractivity contribution in [1.82, 2.24) is 15.1 Å². The average Bonchev–Trinajstić information content (AvgIpc) is 2.72. The lowest BCUT2D eigenvalue weighted by atomic mass is 10.0. The fraction of sp³-hybridized carbons (Fsp3) is 0.812. The predicted molar refractivity (Wildman–Crippen MR) is 82.3 cm³/mol. The van der Waals surface area contributed by atoms with Gasteiger partial charge in [-0.2, -0.15) is 5.10 Å². The van der Waals surface area contributed by atoms with E-state index in [1.165, 1.54) is 37.8 Å². The number of hydrogen-bond donors (Lipinski definition) is 1. The van der Waals surface area contributed by atoms with Crippen LogP contribution in [-0.4, -0.2) is 16.3 Å². The summed E-state index contributed by atoms with van der Waals surface area (Å²) in [4.78, 5) is 0. The highest BCUT2D eigenvalue weighted by Crippen LogP contribution is 2.09. The standard InChI is InChI=1S/C16H31N3/c1-5-19-16(12-15(4)18-19)13-17-11-9-7-6-8-10-14(2)3/h12,14,17H,5-11,13H2,1-4H3. The molecule has 0 bridgehead atoms. The van der Waals surface area contributed by atoms with Crippen LogP contribution < -0.4 is 5.32 Å². The highest BCUT2D eigenvalue weighted by Gasteiger charge is 2.02. The maximum absolute atomic E-state index is 4.46. The molecule has 1 rings (SSSR count). The zero-order chi connectivity index (χ0) is 14.1. The van der Waals surface area contributed by atoms with Crippen molar-refractivity contribution in [1.29, 1.82) is 0 Å². The minimum absolute atomic E-state index is 0.857. The van der Waals surface area contributed by atoms with Crippen LogP contribution in [-0.2, 0) is 13.1 Å². The second-order valence-electron chi connectivity index (χ2n) is 5.87. The van der Waals surface area contributed by atoms with Crippen molar-refractivity contribution in [2.45, 2.75) is 72.9 Å². The first kappa shape index (κ1) is 16.2. The Morgan fingerprint density at radius 1 is 1.21 bits per heavy atom. The summed E-state index contributed by atoms with van der Waals surface area (Å²) in [6.45, 7) is 11.8. The number of nitrogens with one attached hydrogen (secondary N) is 1. The van der Waals surface area contributed by atoms with Crippen molar-refractivity contribution < 1.29 is 0 Å². The molecule has 3 nitrogen and oxygen atoms in total. The van der Waals surface area contributed by atoms with Gasteiger partial charge < -0.3 is 5.32 Å². The molecule has 0 aromatic carbocycles. The van der Waals surface area contributed by atoms with Crippen LogP contribution in [0.3, 0.4) is 0 Å². The molecule has 0 amide bonds. The van der Waals surface area contributed by atoms with Crippen LogP contribution in [0.4, 0.5) is 0 Å². The molecule has 0 aliphatic heterocycles. The SMILES string of the molecule is CCn1nc(C)cc1CNCCCCCCC(C)C. The smallest absolute Gasteiger partial charge is 0.0597 e. The van der Waals surface area contributed by atoms with E-state index in [0.717, 1.165) is 31.2 Å². The van der Waals surface area contributed by atoms with Gasteiger partial charge in [-0.15, -0.1) is 0 Å². The zero-order valence-corrected chi connectivity index (χ0v) is 13.2. The van der Waals surface area contributed by atoms with Gasteiger partial charge in [0.15, 0.2) is 0 Å². The largest absolute Gasteiger partial charge is 0.311 e. The fourth-order valence-electron chi connectivity index (χ4n) is 2.39. The lowest BCUT2D eigenvalue weighted by Crippen LogP contribution is -2.17. The van der Waals surface area contributed by atoms with E-state index in [1.807, 2.05) is 0 Å². The van der Waals surface area contributed by atoms with Crippen LogP contribution in [0.5, 0.6) is 0 Å². The highest BCUT2D eigenvalue weighted by atomic mass is 15.3. The van der Waals surface area contributed by atoms with E-state index in [4.69, 9.17) is 0 Å². The minimum atomic E-state index is 0.857. The third-order valence-electron chi connectivity index (χ3n) is 3.48. The summed E-state index contributed by atoms with van der Waals surface area (Å²) in [6, 6.07) is 2.18. The third-order valence-corrected chi connectivity index (χ3v) is 3.48. The van der Waals surface area contributed by atoms with E-state index in [0.29, 0.717) is 0 Å². The summed E-state index contributed by atoms with van der Waals surface area (Å²) in [5.74, 6) is 0.857. The number of unbranched alkanes of at least 4 members (excludes halogenated alkanes) is 3. The van der Waals surface area contributed by atoms with Gasteiger partial charge in [0, 0.05) is 13.1 Å². The Balaban J connectivity index is 2.04. The number of nitrogens with zero attached hydrogens (tertiary/aromatic N) is 2. The molecular weight excluding hydrogens is 234 g/mol. The Morgan fingerprint density at radius 2 is 1.95 bits per heavy atom.